The Morgan fingerprint density at radius 3 is 2.60 bits per heavy atom. The summed E-state index contributed by atoms with van der Waals surface area (Å²) in [5.41, 5.74) is 13.5. The lowest BCUT2D eigenvalue weighted by Gasteiger charge is -2.28. The third kappa shape index (κ3) is 4.20. The highest BCUT2D eigenvalue weighted by atomic mass is 16.6. The van der Waals surface area contributed by atoms with E-state index >= 15 is 0 Å². The summed E-state index contributed by atoms with van der Waals surface area (Å²) < 4.78 is 0. The van der Waals surface area contributed by atoms with Crippen LogP contribution in [0.2, 0.25) is 0 Å². The maximum absolute atomic E-state index is 5.98. The molecule has 2 aromatic carbocycles. The molecule has 5 nitrogen and oxygen atoms in total. The molecule has 154 valence electrons. The summed E-state index contributed by atoms with van der Waals surface area (Å²) in [6.07, 6.45) is 3.66. The Morgan fingerprint density at radius 1 is 1.03 bits per heavy atom. The zero-order valence-corrected chi connectivity index (χ0v) is 17.6. The van der Waals surface area contributed by atoms with Crippen molar-refractivity contribution in [1.82, 2.24) is 9.97 Å². The fraction of sp³-hybridized carbons (Fsp3) is 0.320. The number of rotatable bonds is 6. The monoisotopic (exact) mass is 400 g/mol. The minimum absolute atomic E-state index is 0.246. The van der Waals surface area contributed by atoms with Gasteiger partial charge in [0.25, 0.3) is 0 Å². The Balaban J connectivity index is 1.75. The first kappa shape index (κ1) is 20.1. The summed E-state index contributed by atoms with van der Waals surface area (Å²) in [5.74, 6) is 0.561. The highest BCUT2D eigenvalue weighted by Crippen LogP contribution is 2.38. The van der Waals surface area contributed by atoms with Crippen LogP contribution < -0.4 is 5.73 Å². The first-order valence-electron chi connectivity index (χ1n) is 10.6. The van der Waals surface area contributed by atoms with Crippen LogP contribution in [0.15, 0.2) is 59.8 Å². The molecule has 0 amide bonds. The minimum atomic E-state index is 0.246. The summed E-state index contributed by atoms with van der Waals surface area (Å²) >= 11 is 0. The van der Waals surface area contributed by atoms with Crippen molar-refractivity contribution in [2.75, 3.05) is 12.3 Å². The molecule has 0 bridgehead atoms. The molecule has 0 spiro atoms. The molecule has 5 heteroatoms. The SMILES string of the molecule is CCCCO/N=C1\CC(c2ccccc2-c2ccccc2)Cc2nc(N)nc(C)c21. The molecule has 0 fully saturated rings. The molecule has 0 radical (unpaired) electrons. The smallest absolute Gasteiger partial charge is 0.220 e. The van der Waals surface area contributed by atoms with E-state index in [4.69, 9.17) is 10.6 Å². The van der Waals surface area contributed by atoms with E-state index in [1.807, 2.05) is 13.0 Å². The molecule has 1 unspecified atom stereocenters. The molecule has 1 aliphatic carbocycles. The summed E-state index contributed by atoms with van der Waals surface area (Å²) in [5, 5.41) is 4.53. The topological polar surface area (TPSA) is 73.4 Å². The van der Waals surface area contributed by atoms with Crippen molar-refractivity contribution in [3.8, 4) is 11.1 Å². The first-order chi connectivity index (χ1) is 14.7. The van der Waals surface area contributed by atoms with Gasteiger partial charge >= 0.3 is 0 Å². The van der Waals surface area contributed by atoms with Crippen LogP contribution in [0.5, 0.6) is 0 Å². The molecule has 1 aliphatic rings. The van der Waals surface area contributed by atoms with Gasteiger partial charge < -0.3 is 10.6 Å². The van der Waals surface area contributed by atoms with Gasteiger partial charge in [0.2, 0.25) is 5.95 Å². The van der Waals surface area contributed by atoms with Crippen molar-refractivity contribution in [3.63, 3.8) is 0 Å². The summed E-state index contributed by atoms with van der Waals surface area (Å²) in [6, 6.07) is 19.1. The lowest BCUT2D eigenvalue weighted by atomic mass is 9.78. The van der Waals surface area contributed by atoms with E-state index in [2.05, 4.69) is 70.6 Å². The highest BCUT2D eigenvalue weighted by Gasteiger charge is 2.30. The Labute approximate surface area is 178 Å². The molecule has 30 heavy (non-hydrogen) atoms. The van der Waals surface area contributed by atoms with Crippen molar-refractivity contribution < 1.29 is 4.84 Å². The quantitative estimate of drug-likeness (QED) is 0.451. The van der Waals surface area contributed by atoms with Crippen molar-refractivity contribution in [3.05, 3.63) is 77.1 Å². The number of nitrogens with zero attached hydrogens (tertiary/aromatic N) is 3. The van der Waals surface area contributed by atoms with Crippen LogP contribution in [0.3, 0.4) is 0 Å². The van der Waals surface area contributed by atoms with Crippen molar-refractivity contribution in [2.24, 2.45) is 5.16 Å². The molecule has 1 atom stereocenters. The minimum Gasteiger partial charge on any atom is -0.396 e. The number of unbranched alkanes of at least 4 members (excludes halogenated alkanes) is 1. The Kier molecular flexibility index (Phi) is 6.07. The third-order valence-corrected chi connectivity index (χ3v) is 5.60. The van der Waals surface area contributed by atoms with Gasteiger partial charge in [0.15, 0.2) is 0 Å². The molecule has 0 aliphatic heterocycles. The molecule has 1 aromatic heterocycles. The van der Waals surface area contributed by atoms with Crippen LogP contribution in [0, 0.1) is 6.92 Å². The van der Waals surface area contributed by atoms with Crippen LogP contribution in [-0.4, -0.2) is 22.3 Å². The lowest BCUT2D eigenvalue weighted by Crippen LogP contribution is -2.24. The van der Waals surface area contributed by atoms with Crippen molar-refractivity contribution in [2.45, 2.75) is 45.4 Å². The van der Waals surface area contributed by atoms with E-state index in [1.165, 1.54) is 16.7 Å². The summed E-state index contributed by atoms with van der Waals surface area (Å²) in [6.45, 7) is 4.73. The fourth-order valence-electron chi connectivity index (χ4n) is 4.19. The van der Waals surface area contributed by atoms with Gasteiger partial charge in [0.1, 0.15) is 6.61 Å². The number of benzene rings is 2. The molecular weight excluding hydrogens is 372 g/mol. The normalized spacial score (nSPS) is 17.0. The molecule has 1 heterocycles. The standard InChI is InChI=1S/C25H28N4O/c1-3-4-14-30-29-23-16-19(15-22-24(23)17(2)27-25(26)28-22)21-13-9-8-12-20(21)18-10-6-5-7-11-18/h5-13,19H,3-4,14-16H2,1-2H3,(H2,26,27,28)/b29-23+. The van der Waals surface area contributed by atoms with Gasteiger partial charge in [0, 0.05) is 12.0 Å². The zero-order chi connectivity index (χ0) is 20.9. The molecule has 3 aromatic rings. The van der Waals surface area contributed by atoms with Crippen LogP contribution in [0.1, 0.15) is 54.6 Å². The number of fused-ring (bicyclic) bond motifs is 1. The van der Waals surface area contributed by atoms with Crippen LogP contribution >= 0.6 is 0 Å². The second kappa shape index (κ2) is 9.08. The zero-order valence-electron chi connectivity index (χ0n) is 17.6. The number of aromatic nitrogens is 2. The second-order valence-electron chi connectivity index (χ2n) is 7.77. The van der Waals surface area contributed by atoms with Gasteiger partial charge in [-0.25, -0.2) is 9.97 Å². The Hall–Kier alpha value is -3.21. The van der Waals surface area contributed by atoms with Gasteiger partial charge in [0.05, 0.1) is 17.1 Å². The second-order valence-corrected chi connectivity index (χ2v) is 7.77. The number of nitrogen functional groups attached to an aromatic ring is 1. The fourth-order valence-corrected chi connectivity index (χ4v) is 4.19. The highest BCUT2D eigenvalue weighted by molar-refractivity contribution is 6.03. The van der Waals surface area contributed by atoms with Gasteiger partial charge in [-0.15, -0.1) is 0 Å². The van der Waals surface area contributed by atoms with E-state index in [-0.39, 0.29) is 5.92 Å². The van der Waals surface area contributed by atoms with Crippen molar-refractivity contribution in [1.29, 1.82) is 0 Å². The van der Waals surface area contributed by atoms with Gasteiger partial charge in [-0.3, -0.25) is 0 Å². The number of hydrogen-bond donors (Lipinski definition) is 1. The van der Waals surface area contributed by atoms with Crippen LogP contribution in [0.25, 0.3) is 11.1 Å². The first-order valence-corrected chi connectivity index (χ1v) is 10.6. The molecule has 2 N–H and O–H groups in total. The van der Waals surface area contributed by atoms with E-state index < -0.39 is 0 Å². The predicted molar refractivity (Wildman–Crippen MR) is 122 cm³/mol. The average molecular weight is 401 g/mol. The molecule has 0 saturated carbocycles. The lowest BCUT2D eigenvalue weighted by molar-refractivity contribution is 0.140. The number of hydrogen-bond acceptors (Lipinski definition) is 5. The summed E-state index contributed by atoms with van der Waals surface area (Å²) in [7, 11) is 0. The Morgan fingerprint density at radius 2 is 1.80 bits per heavy atom. The number of anilines is 1. The maximum Gasteiger partial charge on any atom is 0.220 e. The van der Waals surface area contributed by atoms with Crippen molar-refractivity contribution >= 4 is 11.7 Å². The average Bonchev–Trinajstić information content (AvgIpc) is 2.76. The number of oxime groups is 1. The van der Waals surface area contributed by atoms with Gasteiger partial charge in [-0.05, 0) is 42.4 Å². The largest absolute Gasteiger partial charge is 0.396 e. The van der Waals surface area contributed by atoms with E-state index in [0.29, 0.717) is 12.6 Å². The Bertz CT molecular complexity index is 1050. The predicted octanol–water partition coefficient (Wildman–Crippen LogP) is 5.29. The van der Waals surface area contributed by atoms with E-state index in [0.717, 1.165) is 48.3 Å². The van der Waals surface area contributed by atoms with Gasteiger partial charge in [-0.2, -0.15) is 0 Å². The number of nitrogens with two attached hydrogens (primary N) is 1. The number of aryl methyl sites for hydroxylation is 1. The van der Waals surface area contributed by atoms with Gasteiger partial charge in [-0.1, -0.05) is 73.1 Å². The third-order valence-electron chi connectivity index (χ3n) is 5.60. The molecular formula is C25H28N4O. The van der Waals surface area contributed by atoms with E-state index in [1.54, 1.807) is 0 Å². The molecule has 4 rings (SSSR count). The maximum atomic E-state index is 5.98. The van der Waals surface area contributed by atoms with Crippen LogP contribution in [-0.2, 0) is 11.3 Å². The van der Waals surface area contributed by atoms with Crippen LogP contribution in [0.4, 0.5) is 5.95 Å². The van der Waals surface area contributed by atoms with E-state index in [9.17, 15) is 0 Å². The summed E-state index contributed by atoms with van der Waals surface area (Å²) in [4.78, 5) is 14.6. The molecule has 0 saturated heterocycles.